The molecule has 1 unspecified atom stereocenters. The minimum absolute atomic E-state index is 0.111. The van der Waals surface area contributed by atoms with Gasteiger partial charge in [-0.25, -0.2) is 0 Å². The fourth-order valence-corrected chi connectivity index (χ4v) is 8.68. The first-order chi connectivity index (χ1) is 40.0. The Morgan fingerprint density at radius 2 is 0.506 bits per heavy atom. The topological polar surface area (TPSA) is 78.9 Å². The first kappa shape index (κ1) is 76.0. The van der Waals surface area contributed by atoms with Crippen molar-refractivity contribution in [1.82, 2.24) is 0 Å². The standard InChI is InChI=1S/C75H120O6/c1-4-7-10-13-16-19-21-23-25-27-29-30-31-32-33-34-35-36-37-38-39-40-41-42-43-44-46-47-49-51-53-56-59-62-65-68-74(77)80-71-72(70-79-73(76)67-64-61-58-55-18-15-12-9-6-3)81-75(78)69-66-63-60-57-54-52-50-48-45-28-26-24-22-20-17-14-11-8-5-2/h7-8,10-11,16-17,19-20,23-26,29-30,32-33,35-36,38-39,45,48,52,54,60,63,72H,4-6,9,12-15,18,21-22,27-28,31,34,37,40-44,46-47,49-51,53,55-59,61-62,64-71H2,1-3H3/b10-7-,11-8-,19-16-,20-17-,25-23-,26-24-,30-29-,33-32-,36-35-,39-38-,48-45-,54-52-,63-60-. The van der Waals surface area contributed by atoms with Gasteiger partial charge >= 0.3 is 17.9 Å². The molecule has 0 aliphatic carbocycles. The van der Waals surface area contributed by atoms with E-state index in [4.69, 9.17) is 14.2 Å². The van der Waals surface area contributed by atoms with E-state index in [-0.39, 0.29) is 31.6 Å². The second kappa shape index (κ2) is 67.5. The van der Waals surface area contributed by atoms with Crippen molar-refractivity contribution in [3.63, 3.8) is 0 Å². The van der Waals surface area contributed by atoms with E-state index in [1.807, 2.05) is 6.08 Å². The summed E-state index contributed by atoms with van der Waals surface area (Å²) in [5.41, 5.74) is 0. The lowest BCUT2D eigenvalue weighted by molar-refractivity contribution is -0.166. The maximum atomic E-state index is 12.8. The molecule has 0 aromatic carbocycles. The molecule has 0 aromatic rings. The van der Waals surface area contributed by atoms with Gasteiger partial charge in [0.05, 0.1) is 0 Å². The number of unbranched alkanes of at least 4 members (excludes halogenated alkanes) is 21. The maximum Gasteiger partial charge on any atom is 0.306 e. The number of rotatable bonds is 58. The second-order valence-electron chi connectivity index (χ2n) is 21.3. The molecule has 0 aliphatic rings. The van der Waals surface area contributed by atoms with Crippen LogP contribution >= 0.6 is 0 Å². The summed E-state index contributed by atoms with van der Waals surface area (Å²) < 4.78 is 16.8. The van der Waals surface area contributed by atoms with Gasteiger partial charge in [0.25, 0.3) is 0 Å². The third-order valence-electron chi connectivity index (χ3n) is 13.5. The van der Waals surface area contributed by atoms with Gasteiger partial charge in [-0.2, -0.15) is 0 Å². The molecule has 6 nitrogen and oxygen atoms in total. The first-order valence-electron chi connectivity index (χ1n) is 33.0. The number of allylic oxidation sites excluding steroid dienone is 26. The van der Waals surface area contributed by atoms with Crippen molar-refractivity contribution in [1.29, 1.82) is 0 Å². The summed E-state index contributed by atoms with van der Waals surface area (Å²) in [6.45, 7) is 6.33. The first-order valence-corrected chi connectivity index (χ1v) is 33.0. The Hall–Kier alpha value is -4.97. The lowest BCUT2D eigenvalue weighted by Crippen LogP contribution is -2.30. The van der Waals surface area contributed by atoms with Crippen molar-refractivity contribution in [2.45, 2.75) is 284 Å². The van der Waals surface area contributed by atoms with Gasteiger partial charge in [0.15, 0.2) is 6.10 Å². The molecule has 1 atom stereocenters. The molecule has 0 radical (unpaired) electrons. The van der Waals surface area contributed by atoms with Crippen LogP contribution in [0.4, 0.5) is 0 Å². The second-order valence-corrected chi connectivity index (χ2v) is 21.3. The Bertz CT molecular complexity index is 1810. The minimum Gasteiger partial charge on any atom is -0.462 e. The number of hydrogen-bond donors (Lipinski definition) is 0. The van der Waals surface area contributed by atoms with E-state index in [2.05, 4.69) is 173 Å². The normalized spacial score (nSPS) is 13.2. The summed E-state index contributed by atoms with van der Waals surface area (Å²) in [5.74, 6) is -1.00. The van der Waals surface area contributed by atoms with Crippen LogP contribution < -0.4 is 0 Å². The van der Waals surface area contributed by atoms with Crippen LogP contribution in [0.25, 0.3) is 0 Å². The van der Waals surface area contributed by atoms with Crippen molar-refractivity contribution in [2.75, 3.05) is 13.2 Å². The maximum absolute atomic E-state index is 12.8. The average Bonchev–Trinajstić information content (AvgIpc) is 3.47. The molecule has 0 aromatic heterocycles. The highest BCUT2D eigenvalue weighted by atomic mass is 16.6. The number of hydrogen-bond acceptors (Lipinski definition) is 6. The molecule has 81 heavy (non-hydrogen) atoms. The molecule has 0 bridgehead atoms. The minimum atomic E-state index is -0.822. The Morgan fingerprint density at radius 3 is 0.802 bits per heavy atom. The molecule has 0 N–H and O–H groups in total. The lowest BCUT2D eigenvalue weighted by atomic mass is 10.0. The molecular formula is C75H120O6. The van der Waals surface area contributed by atoms with Crippen LogP contribution in [-0.4, -0.2) is 37.2 Å². The molecule has 0 amide bonds. The highest BCUT2D eigenvalue weighted by molar-refractivity contribution is 5.71. The number of carbonyl (C=O) groups excluding carboxylic acids is 3. The van der Waals surface area contributed by atoms with Crippen molar-refractivity contribution in [3.8, 4) is 0 Å². The molecule has 0 rings (SSSR count). The van der Waals surface area contributed by atoms with Crippen LogP contribution in [-0.2, 0) is 28.6 Å². The van der Waals surface area contributed by atoms with Gasteiger partial charge in [-0.05, 0) is 116 Å². The lowest BCUT2D eigenvalue weighted by Gasteiger charge is -2.18. The Morgan fingerprint density at radius 1 is 0.259 bits per heavy atom. The zero-order valence-corrected chi connectivity index (χ0v) is 52.2. The van der Waals surface area contributed by atoms with E-state index in [1.54, 1.807) is 0 Å². The number of esters is 3. The smallest absolute Gasteiger partial charge is 0.306 e. The van der Waals surface area contributed by atoms with Gasteiger partial charge in [-0.15, -0.1) is 0 Å². The van der Waals surface area contributed by atoms with E-state index in [9.17, 15) is 14.4 Å². The third kappa shape index (κ3) is 65.7. The summed E-state index contributed by atoms with van der Waals surface area (Å²) in [7, 11) is 0. The van der Waals surface area contributed by atoms with Crippen LogP contribution in [0, 0.1) is 0 Å². The molecule has 456 valence electrons. The Labute approximate surface area is 499 Å². The van der Waals surface area contributed by atoms with Crippen molar-refractivity contribution in [3.05, 3.63) is 158 Å². The summed E-state index contributed by atoms with van der Waals surface area (Å²) in [5, 5.41) is 0. The predicted octanol–water partition coefficient (Wildman–Crippen LogP) is 22.9. The number of carbonyl (C=O) groups is 3. The van der Waals surface area contributed by atoms with Crippen molar-refractivity contribution < 1.29 is 28.6 Å². The van der Waals surface area contributed by atoms with Crippen LogP contribution in [0.3, 0.4) is 0 Å². The summed E-state index contributed by atoms with van der Waals surface area (Å²) in [4.78, 5) is 38.1. The SMILES string of the molecule is CC/C=C\C/C=C\C/C=C\C/C=C\C/C=C\C/C=C\C/C=C\CCCCCCCCCCCCCCCC(=O)OCC(COC(=O)CCCCCCCCCCC)OC(=O)CC/C=C\C/C=C\C/C=C\C/C=C\C/C=C\C/C=C\CC. The molecule has 0 saturated carbocycles. The highest BCUT2D eigenvalue weighted by Crippen LogP contribution is 2.15. The van der Waals surface area contributed by atoms with E-state index in [1.165, 1.54) is 109 Å². The fourth-order valence-electron chi connectivity index (χ4n) is 8.68. The van der Waals surface area contributed by atoms with Crippen LogP contribution in [0.5, 0.6) is 0 Å². The zero-order chi connectivity index (χ0) is 58.5. The van der Waals surface area contributed by atoms with Crippen LogP contribution in [0.2, 0.25) is 0 Å². The summed E-state index contributed by atoms with van der Waals surface area (Å²) >= 11 is 0. The number of ether oxygens (including phenoxy) is 3. The molecular weight excluding hydrogens is 997 g/mol. The van der Waals surface area contributed by atoms with E-state index >= 15 is 0 Å². The summed E-state index contributed by atoms with van der Waals surface area (Å²) in [6, 6.07) is 0. The van der Waals surface area contributed by atoms with Gasteiger partial charge in [-0.1, -0.05) is 301 Å². The molecule has 6 heteroatoms. The van der Waals surface area contributed by atoms with Gasteiger partial charge < -0.3 is 14.2 Å². The quantitative estimate of drug-likeness (QED) is 0.0261. The Balaban J connectivity index is 4.22. The molecule has 0 aliphatic heterocycles. The van der Waals surface area contributed by atoms with Gasteiger partial charge in [0.2, 0.25) is 0 Å². The largest absolute Gasteiger partial charge is 0.462 e. The van der Waals surface area contributed by atoms with Gasteiger partial charge in [0.1, 0.15) is 13.2 Å². The van der Waals surface area contributed by atoms with Gasteiger partial charge in [-0.3, -0.25) is 14.4 Å². The van der Waals surface area contributed by atoms with Crippen LogP contribution in [0.15, 0.2) is 158 Å². The van der Waals surface area contributed by atoms with E-state index in [0.29, 0.717) is 19.3 Å². The predicted molar refractivity (Wildman–Crippen MR) is 352 cm³/mol. The third-order valence-corrected chi connectivity index (χ3v) is 13.5. The molecule has 0 heterocycles. The van der Waals surface area contributed by atoms with E-state index < -0.39 is 12.1 Å². The fraction of sp³-hybridized carbons (Fsp3) is 0.613. The molecule has 0 spiro atoms. The van der Waals surface area contributed by atoms with E-state index in [0.717, 1.165) is 122 Å². The zero-order valence-electron chi connectivity index (χ0n) is 52.2. The average molecular weight is 1120 g/mol. The van der Waals surface area contributed by atoms with Crippen LogP contribution in [0.1, 0.15) is 278 Å². The Kier molecular flexibility index (Phi) is 63.4. The van der Waals surface area contributed by atoms with Crippen molar-refractivity contribution >= 4 is 17.9 Å². The molecule has 0 saturated heterocycles. The highest BCUT2D eigenvalue weighted by Gasteiger charge is 2.19. The summed E-state index contributed by atoms with van der Waals surface area (Å²) in [6.07, 6.45) is 98.6. The van der Waals surface area contributed by atoms with Crippen molar-refractivity contribution in [2.24, 2.45) is 0 Å². The monoisotopic (exact) mass is 1120 g/mol. The van der Waals surface area contributed by atoms with Gasteiger partial charge in [0, 0.05) is 19.3 Å². The molecule has 0 fully saturated rings.